The predicted molar refractivity (Wildman–Crippen MR) is 76.1 cm³/mol. The summed E-state index contributed by atoms with van der Waals surface area (Å²) in [5, 5.41) is 18.5. The van der Waals surface area contributed by atoms with Crippen molar-refractivity contribution >= 4 is 23.3 Å². The van der Waals surface area contributed by atoms with Gasteiger partial charge in [-0.1, -0.05) is 0 Å². The van der Waals surface area contributed by atoms with Crippen molar-refractivity contribution in [2.45, 2.75) is 13.3 Å². The van der Waals surface area contributed by atoms with Gasteiger partial charge in [0.15, 0.2) is 0 Å². The lowest BCUT2D eigenvalue weighted by Gasteiger charge is -2.08. The van der Waals surface area contributed by atoms with Crippen LogP contribution in [0.5, 0.6) is 0 Å². The first-order valence-corrected chi connectivity index (χ1v) is 6.36. The van der Waals surface area contributed by atoms with E-state index >= 15 is 0 Å². The molecule has 0 saturated carbocycles. The van der Waals surface area contributed by atoms with Gasteiger partial charge in [-0.15, -0.1) is 0 Å². The Bertz CT molecular complexity index is 546. The van der Waals surface area contributed by atoms with E-state index in [9.17, 15) is 19.7 Å². The van der Waals surface area contributed by atoms with E-state index in [2.05, 4.69) is 20.9 Å². The number of hydrogen-bond acceptors (Lipinski definition) is 6. The number of pyridine rings is 1. The zero-order valence-electron chi connectivity index (χ0n) is 11.8. The highest BCUT2D eigenvalue weighted by molar-refractivity contribution is 5.99. The normalized spacial score (nSPS) is 9.81. The Hall–Kier alpha value is -2.71. The van der Waals surface area contributed by atoms with E-state index < -0.39 is 10.8 Å². The van der Waals surface area contributed by atoms with Crippen LogP contribution >= 0.6 is 0 Å². The Balaban J connectivity index is 2.74. The molecule has 1 rings (SSSR count). The summed E-state index contributed by atoms with van der Waals surface area (Å²) < 4.78 is 0. The van der Waals surface area contributed by atoms with Crippen molar-refractivity contribution < 1.29 is 14.5 Å². The molecule has 0 bridgehead atoms. The molecule has 0 aromatic carbocycles. The predicted octanol–water partition coefficient (Wildman–Crippen LogP) is 0.287. The number of rotatable bonds is 7. The van der Waals surface area contributed by atoms with Gasteiger partial charge in [0, 0.05) is 32.6 Å². The van der Waals surface area contributed by atoms with Crippen LogP contribution in [0.4, 0.5) is 11.5 Å². The first kappa shape index (κ1) is 16.3. The van der Waals surface area contributed by atoms with Crippen molar-refractivity contribution in [3.8, 4) is 0 Å². The first-order valence-electron chi connectivity index (χ1n) is 6.36. The SMILES string of the molecule is CCNC(=O)CCNC(=O)c1cc([N+](=O)[O-])cnc1NC. The fourth-order valence-electron chi connectivity index (χ4n) is 1.60. The second kappa shape index (κ2) is 7.78. The minimum Gasteiger partial charge on any atom is -0.372 e. The maximum atomic E-state index is 12.0. The number of nitrogens with zero attached hydrogens (tertiary/aromatic N) is 2. The highest BCUT2D eigenvalue weighted by Gasteiger charge is 2.17. The minimum absolute atomic E-state index is 0.0580. The largest absolute Gasteiger partial charge is 0.372 e. The number of hydrogen-bond donors (Lipinski definition) is 3. The third kappa shape index (κ3) is 4.71. The van der Waals surface area contributed by atoms with Crippen molar-refractivity contribution in [1.82, 2.24) is 15.6 Å². The molecule has 114 valence electrons. The summed E-state index contributed by atoms with van der Waals surface area (Å²) in [6.45, 7) is 2.45. The number of nitrogens with one attached hydrogen (secondary N) is 3. The smallest absolute Gasteiger partial charge is 0.288 e. The molecule has 21 heavy (non-hydrogen) atoms. The number of anilines is 1. The molecule has 2 amide bonds. The summed E-state index contributed by atoms with van der Waals surface area (Å²) in [6, 6.07) is 1.14. The van der Waals surface area contributed by atoms with Gasteiger partial charge in [-0.2, -0.15) is 0 Å². The molecule has 0 atom stereocenters. The van der Waals surface area contributed by atoms with E-state index in [0.717, 1.165) is 12.3 Å². The highest BCUT2D eigenvalue weighted by Crippen LogP contribution is 2.18. The Morgan fingerprint density at radius 2 is 2.10 bits per heavy atom. The molecule has 0 spiro atoms. The number of aromatic nitrogens is 1. The molecule has 0 saturated heterocycles. The van der Waals surface area contributed by atoms with Crippen LogP contribution in [0.2, 0.25) is 0 Å². The molecule has 0 fully saturated rings. The molecular formula is C12H17N5O4. The Morgan fingerprint density at radius 1 is 1.38 bits per heavy atom. The molecule has 1 aromatic heterocycles. The van der Waals surface area contributed by atoms with Gasteiger partial charge >= 0.3 is 0 Å². The molecular weight excluding hydrogens is 278 g/mol. The summed E-state index contributed by atoms with van der Waals surface area (Å²) >= 11 is 0. The van der Waals surface area contributed by atoms with Crippen molar-refractivity contribution in [1.29, 1.82) is 0 Å². The van der Waals surface area contributed by atoms with Gasteiger partial charge in [-0.3, -0.25) is 19.7 Å². The summed E-state index contributed by atoms with van der Waals surface area (Å²) in [6.07, 6.45) is 1.20. The van der Waals surface area contributed by atoms with Crippen LogP contribution in [-0.4, -0.2) is 41.9 Å². The van der Waals surface area contributed by atoms with Gasteiger partial charge in [-0.25, -0.2) is 4.98 Å². The van der Waals surface area contributed by atoms with Crippen molar-refractivity contribution in [3.63, 3.8) is 0 Å². The second-order valence-corrected chi connectivity index (χ2v) is 4.06. The van der Waals surface area contributed by atoms with Crippen LogP contribution in [0.25, 0.3) is 0 Å². The van der Waals surface area contributed by atoms with E-state index in [-0.39, 0.29) is 35.9 Å². The van der Waals surface area contributed by atoms with E-state index in [1.54, 1.807) is 14.0 Å². The minimum atomic E-state index is -0.627. The standard InChI is InChI=1S/C12H17N5O4/c1-3-14-10(18)4-5-15-12(19)9-6-8(17(20)21)7-16-11(9)13-2/h6-7H,3-5H2,1-2H3,(H,13,16)(H,14,18)(H,15,19). The maximum Gasteiger partial charge on any atom is 0.288 e. The van der Waals surface area contributed by atoms with Crippen molar-refractivity contribution in [2.75, 3.05) is 25.5 Å². The van der Waals surface area contributed by atoms with Crippen LogP contribution in [0.15, 0.2) is 12.3 Å². The van der Waals surface area contributed by atoms with Gasteiger partial charge in [0.1, 0.15) is 12.0 Å². The number of nitro groups is 1. The lowest BCUT2D eigenvalue weighted by atomic mass is 10.2. The van der Waals surface area contributed by atoms with Crippen LogP contribution < -0.4 is 16.0 Å². The van der Waals surface area contributed by atoms with Gasteiger partial charge in [0.05, 0.1) is 10.5 Å². The van der Waals surface area contributed by atoms with Crippen LogP contribution in [0.1, 0.15) is 23.7 Å². The quantitative estimate of drug-likeness (QED) is 0.490. The van der Waals surface area contributed by atoms with E-state index in [0.29, 0.717) is 6.54 Å². The van der Waals surface area contributed by atoms with E-state index in [1.165, 1.54) is 0 Å². The Kier molecular flexibility index (Phi) is 6.05. The van der Waals surface area contributed by atoms with E-state index in [4.69, 9.17) is 0 Å². The molecule has 0 unspecified atom stereocenters. The second-order valence-electron chi connectivity index (χ2n) is 4.06. The summed E-state index contributed by atoms with van der Waals surface area (Å²) in [4.78, 5) is 37.1. The van der Waals surface area contributed by atoms with E-state index in [1.807, 2.05) is 0 Å². The zero-order valence-corrected chi connectivity index (χ0v) is 11.8. The van der Waals surface area contributed by atoms with Crippen LogP contribution in [0, 0.1) is 10.1 Å². The number of amides is 2. The van der Waals surface area contributed by atoms with Crippen molar-refractivity contribution in [3.05, 3.63) is 27.9 Å². The molecule has 0 aliphatic rings. The monoisotopic (exact) mass is 295 g/mol. The third-order valence-electron chi connectivity index (χ3n) is 2.58. The topological polar surface area (TPSA) is 126 Å². The molecule has 1 heterocycles. The number of carbonyl (C=O) groups excluding carboxylic acids is 2. The highest BCUT2D eigenvalue weighted by atomic mass is 16.6. The fourth-order valence-corrected chi connectivity index (χ4v) is 1.60. The lowest BCUT2D eigenvalue weighted by Crippen LogP contribution is -2.31. The summed E-state index contributed by atoms with van der Waals surface area (Å²) in [5.41, 5.74) is -0.217. The molecule has 0 aliphatic heterocycles. The molecule has 9 heteroatoms. The fraction of sp³-hybridized carbons (Fsp3) is 0.417. The molecule has 9 nitrogen and oxygen atoms in total. The van der Waals surface area contributed by atoms with Gasteiger partial charge in [0.2, 0.25) is 5.91 Å². The lowest BCUT2D eigenvalue weighted by molar-refractivity contribution is -0.385. The van der Waals surface area contributed by atoms with Gasteiger partial charge in [-0.05, 0) is 6.92 Å². The Morgan fingerprint density at radius 3 is 2.67 bits per heavy atom. The third-order valence-corrected chi connectivity index (χ3v) is 2.58. The number of carbonyl (C=O) groups is 2. The van der Waals surface area contributed by atoms with Crippen LogP contribution in [-0.2, 0) is 4.79 Å². The summed E-state index contributed by atoms with van der Waals surface area (Å²) in [7, 11) is 1.56. The Labute approximate surface area is 121 Å². The van der Waals surface area contributed by atoms with Gasteiger partial charge in [0.25, 0.3) is 11.6 Å². The zero-order chi connectivity index (χ0) is 15.8. The van der Waals surface area contributed by atoms with Crippen molar-refractivity contribution in [2.24, 2.45) is 0 Å². The molecule has 3 N–H and O–H groups in total. The first-order chi connectivity index (χ1) is 9.99. The average Bonchev–Trinajstić information content (AvgIpc) is 2.46. The average molecular weight is 295 g/mol. The maximum absolute atomic E-state index is 12.0. The van der Waals surface area contributed by atoms with Crippen LogP contribution in [0.3, 0.4) is 0 Å². The molecule has 0 aliphatic carbocycles. The molecule has 1 aromatic rings. The summed E-state index contributed by atoms with van der Waals surface area (Å²) in [5.74, 6) is -0.472. The van der Waals surface area contributed by atoms with Gasteiger partial charge < -0.3 is 16.0 Å². The molecule has 0 radical (unpaired) electrons.